The molecule has 0 heterocycles. The summed E-state index contributed by atoms with van der Waals surface area (Å²) in [6, 6.07) is 15.0. The molecule has 0 spiro atoms. The molecule has 1 amide bonds. The van der Waals surface area contributed by atoms with E-state index in [1.54, 1.807) is 12.3 Å². The Morgan fingerprint density at radius 3 is 2.32 bits per heavy atom. The minimum absolute atomic E-state index is 0.0642. The van der Waals surface area contributed by atoms with E-state index < -0.39 is 0 Å². The number of amides is 1. The monoisotopic (exact) mass is 336 g/mol. The molecule has 0 aromatic heterocycles. The topological polar surface area (TPSA) is 50.7 Å². The number of carbonyl (C=O) groups excluding carboxylic acids is 1. The maximum absolute atomic E-state index is 12.1. The standard InChI is InChI=1S/C21H24N2O2/c1-5-14-25-19-12-6-16(7-13-19)15-22-23-20(24)17-8-10-18(11-9-17)21(2,3)4/h5-13,15H,1,14H2,2-4H3,(H,23,24)/b22-15+. The minimum atomic E-state index is -0.234. The summed E-state index contributed by atoms with van der Waals surface area (Å²) in [5, 5.41) is 4.00. The van der Waals surface area contributed by atoms with Gasteiger partial charge in [0.05, 0.1) is 6.21 Å². The molecule has 0 radical (unpaired) electrons. The van der Waals surface area contributed by atoms with Crippen molar-refractivity contribution in [3.8, 4) is 5.75 Å². The van der Waals surface area contributed by atoms with Gasteiger partial charge in [0.2, 0.25) is 0 Å². The van der Waals surface area contributed by atoms with E-state index in [1.165, 1.54) is 5.56 Å². The maximum atomic E-state index is 12.1. The highest BCUT2D eigenvalue weighted by atomic mass is 16.5. The summed E-state index contributed by atoms with van der Waals surface area (Å²) >= 11 is 0. The Bertz CT molecular complexity index is 739. The van der Waals surface area contributed by atoms with Crippen LogP contribution in [0.2, 0.25) is 0 Å². The predicted octanol–water partition coefficient (Wildman–Crippen LogP) is 4.31. The third-order valence-electron chi connectivity index (χ3n) is 3.64. The first-order valence-electron chi connectivity index (χ1n) is 8.18. The summed E-state index contributed by atoms with van der Waals surface area (Å²) in [5.74, 6) is 0.530. The van der Waals surface area contributed by atoms with Crippen molar-refractivity contribution < 1.29 is 9.53 Å². The van der Waals surface area contributed by atoms with E-state index in [9.17, 15) is 4.79 Å². The lowest BCUT2D eigenvalue weighted by Gasteiger charge is -2.18. The first-order valence-corrected chi connectivity index (χ1v) is 8.18. The van der Waals surface area contributed by atoms with Crippen molar-refractivity contribution >= 4 is 12.1 Å². The Hall–Kier alpha value is -2.88. The van der Waals surface area contributed by atoms with Gasteiger partial charge in [0.15, 0.2) is 0 Å². The highest BCUT2D eigenvalue weighted by Gasteiger charge is 2.14. The number of ether oxygens (including phenoxy) is 1. The summed E-state index contributed by atoms with van der Waals surface area (Å²) in [6.07, 6.45) is 3.29. The van der Waals surface area contributed by atoms with Gasteiger partial charge in [0.25, 0.3) is 5.91 Å². The van der Waals surface area contributed by atoms with E-state index in [0.29, 0.717) is 12.2 Å². The third-order valence-corrected chi connectivity index (χ3v) is 3.64. The lowest BCUT2D eigenvalue weighted by molar-refractivity contribution is 0.0955. The van der Waals surface area contributed by atoms with Crippen LogP contribution in [0.1, 0.15) is 42.3 Å². The maximum Gasteiger partial charge on any atom is 0.271 e. The van der Waals surface area contributed by atoms with E-state index in [0.717, 1.165) is 11.3 Å². The molecular formula is C21H24N2O2. The van der Waals surface area contributed by atoms with Gasteiger partial charge in [-0.2, -0.15) is 5.10 Å². The summed E-state index contributed by atoms with van der Waals surface area (Å²) in [6.45, 7) is 10.5. The molecule has 2 aromatic rings. The first-order chi connectivity index (χ1) is 11.9. The van der Waals surface area contributed by atoms with Crippen molar-refractivity contribution in [3.05, 3.63) is 77.9 Å². The number of nitrogens with one attached hydrogen (secondary N) is 1. The predicted molar refractivity (Wildman–Crippen MR) is 102 cm³/mol. The summed E-state index contributed by atoms with van der Waals surface area (Å²) in [4.78, 5) is 12.1. The molecule has 2 rings (SSSR count). The zero-order chi connectivity index (χ0) is 18.3. The van der Waals surface area contributed by atoms with Gasteiger partial charge in [-0.05, 0) is 52.9 Å². The lowest BCUT2D eigenvalue weighted by Crippen LogP contribution is -2.18. The van der Waals surface area contributed by atoms with Crippen LogP contribution in [0.5, 0.6) is 5.75 Å². The molecule has 130 valence electrons. The van der Waals surface area contributed by atoms with Crippen molar-refractivity contribution in [2.75, 3.05) is 6.61 Å². The van der Waals surface area contributed by atoms with Gasteiger partial charge in [0.1, 0.15) is 12.4 Å². The molecular weight excluding hydrogens is 312 g/mol. The average Bonchev–Trinajstić information content (AvgIpc) is 2.60. The van der Waals surface area contributed by atoms with E-state index in [1.807, 2.05) is 48.5 Å². The SMILES string of the molecule is C=CCOc1ccc(/C=N/NC(=O)c2ccc(C(C)(C)C)cc2)cc1. The molecule has 2 aromatic carbocycles. The molecule has 1 N–H and O–H groups in total. The molecule has 0 aliphatic rings. The Morgan fingerprint density at radius 1 is 1.12 bits per heavy atom. The second-order valence-electron chi connectivity index (χ2n) is 6.70. The fourth-order valence-electron chi connectivity index (χ4n) is 2.16. The van der Waals surface area contributed by atoms with Crippen molar-refractivity contribution in [2.45, 2.75) is 26.2 Å². The summed E-state index contributed by atoms with van der Waals surface area (Å²) in [5.41, 5.74) is 5.24. The molecule has 0 bridgehead atoms. The minimum Gasteiger partial charge on any atom is -0.490 e. The molecule has 0 atom stereocenters. The fraction of sp³-hybridized carbons (Fsp3) is 0.238. The van der Waals surface area contributed by atoms with Crippen molar-refractivity contribution in [2.24, 2.45) is 5.10 Å². The lowest BCUT2D eigenvalue weighted by atomic mass is 9.87. The van der Waals surface area contributed by atoms with Crippen LogP contribution >= 0.6 is 0 Å². The second kappa shape index (κ2) is 8.29. The number of nitrogens with zero attached hydrogens (tertiary/aromatic N) is 1. The van der Waals surface area contributed by atoms with Gasteiger partial charge in [-0.25, -0.2) is 5.43 Å². The Labute approximate surface area is 149 Å². The number of rotatable bonds is 6. The number of hydrogen-bond donors (Lipinski definition) is 1. The molecule has 4 nitrogen and oxygen atoms in total. The first kappa shape index (κ1) is 18.5. The van der Waals surface area contributed by atoms with Crippen LogP contribution in [-0.2, 0) is 5.41 Å². The van der Waals surface area contributed by atoms with E-state index >= 15 is 0 Å². The quantitative estimate of drug-likeness (QED) is 0.485. The highest BCUT2D eigenvalue weighted by molar-refractivity contribution is 5.94. The van der Waals surface area contributed by atoms with Gasteiger partial charge in [0, 0.05) is 5.56 Å². The van der Waals surface area contributed by atoms with Crippen LogP contribution in [-0.4, -0.2) is 18.7 Å². The van der Waals surface area contributed by atoms with Crippen LogP contribution < -0.4 is 10.2 Å². The van der Waals surface area contributed by atoms with Crippen LogP contribution in [0.25, 0.3) is 0 Å². The van der Waals surface area contributed by atoms with Crippen molar-refractivity contribution in [3.63, 3.8) is 0 Å². The normalized spacial score (nSPS) is 11.3. The largest absolute Gasteiger partial charge is 0.490 e. The molecule has 25 heavy (non-hydrogen) atoms. The Morgan fingerprint density at radius 2 is 1.76 bits per heavy atom. The van der Waals surface area contributed by atoms with Crippen LogP contribution in [0.3, 0.4) is 0 Å². The zero-order valence-electron chi connectivity index (χ0n) is 15.0. The molecule has 4 heteroatoms. The average molecular weight is 336 g/mol. The molecule has 0 fully saturated rings. The van der Waals surface area contributed by atoms with Gasteiger partial charge >= 0.3 is 0 Å². The molecule has 0 aliphatic heterocycles. The second-order valence-corrected chi connectivity index (χ2v) is 6.70. The number of hydrogen-bond acceptors (Lipinski definition) is 3. The number of carbonyl (C=O) groups is 1. The van der Waals surface area contributed by atoms with Gasteiger partial charge in [-0.3, -0.25) is 4.79 Å². The van der Waals surface area contributed by atoms with Crippen molar-refractivity contribution in [1.82, 2.24) is 5.43 Å². The highest BCUT2D eigenvalue weighted by Crippen LogP contribution is 2.22. The fourth-order valence-corrected chi connectivity index (χ4v) is 2.16. The summed E-state index contributed by atoms with van der Waals surface area (Å²) < 4.78 is 5.41. The van der Waals surface area contributed by atoms with E-state index in [2.05, 4.69) is 37.9 Å². The third kappa shape index (κ3) is 5.60. The van der Waals surface area contributed by atoms with Crippen molar-refractivity contribution in [1.29, 1.82) is 0 Å². The molecule has 0 saturated heterocycles. The van der Waals surface area contributed by atoms with Gasteiger partial charge < -0.3 is 4.74 Å². The molecule has 0 unspecified atom stereocenters. The van der Waals surface area contributed by atoms with Gasteiger partial charge in [-0.1, -0.05) is 45.6 Å². The number of benzene rings is 2. The van der Waals surface area contributed by atoms with E-state index in [-0.39, 0.29) is 11.3 Å². The van der Waals surface area contributed by atoms with Gasteiger partial charge in [-0.15, -0.1) is 0 Å². The Balaban J connectivity index is 1.92. The van der Waals surface area contributed by atoms with Crippen LogP contribution in [0.4, 0.5) is 0 Å². The Kier molecular flexibility index (Phi) is 6.12. The molecule has 0 aliphatic carbocycles. The smallest absolute Gasteiger partial charge is 0.271 e. The summed E-state index contributed by atoms with van der Waals surface area (Å²) in [7, 11) is 0. The van der Waals surface area contributed by atoms with E-state index in [4.69, 9.17) is 4.74 Å². The molecule has 0 saturated carbocycles. The van der Waals surface area contributed by atoms with Crippen LogP contribution in [0.15, 0.2) is 66.3 Å². The number of hydrazone groups is 1. The zero-order valence-corrected chi connectivity index (χ0v) is 15.0. The van der Waals surface area contributed by atoms with Crippen LogP contribution in [0, 0.1) is 0 Å².